The maximum absolute atomic E-state index is 12.1. The van der Waals surface area contributed by atoms with Gasteiger partial charge in [0.15, 0.2) is 0 Å². The summed E-state index contributed by atoms with van der Waals surface area (Å²) in [6, 6.07) is 10.0. The summed E-state index contributed by atoms with van der Waals surface area (Å²) in [6.45, 7) is 1.71. The van der Waals surface area contributed by atoms with Crippen molar-refractivity contribution in [3.63, 3.8) is 0 Å². The predicted molar refractivity (Wildman–Crippen MR) is 88.7 cm³/mol. The third kappa shape index (κ3) is 3.64. The minimum Gasteiger partial charge on any atom is -0.495 e. The molecule has 1 saturated heterocycles. The molecule has 1 fully saturated rings. The van der Waals surface area contributed by atoms with Crippen LogP contribution in [-0.2, 0) is 18.3 Å². The SMILES string of the molecule is COc1ccccc1N1CCC(NC(=O)Cc2ccn(C)n2)C1. The van der Waals surface area contributed by atoms with Crippen LogP contribution < -0.4 is 15.0 Å². The molecule has 0 bridgehead atoms. The Bertz CT molecular complexity index is 683. The molecule has 1 aromatic heterocycles. The van der Waals surface area contributed by atoms with E-state index in [1.807, 2.05) is 37.5 Å². The summed E-state index contributed by atoms with van der Waals surface area (Å²) in [5.74, 6) is 0.892. The van der Waals surface area contributed by atoms with Crippen LogP contribution in [0.1, 0.15) is 12.1 Å². The second-order valence-corrected chi connectivity index (χ2v) is 5.83. The fraction of sp³-hybridized carbons (Fsp3) is 0.412. The number of hydrogen-bond donors (Lipinski definition) is 1. The van der Waals surface area contributed by atoms with Gasteiger partial charge in [0, 0.05) is 32.4 Å². The van der Waals surface area contributed by atoms with E-state index in [9.17, 15) is 4.79 Å². The lowest BCUT2D eigenvalue weighted by atomic mass is 10.2. The Kier molecular flexibility index (Phi) is 4.50. The Morgan fingerprint density at radius 1 is 1.39 bits per heavy atom. The first-order valence-electron chi connectivity index (χ1n) is 7.81. The fourth-order valence-electron chi connectivity index (χ4n) is 2.99. The summed E-state index contributed by atoms with van der Waals surface area (Å²) in [5.41, 5.74) is 1.88. The van der Waals surface area contributed by atoms with E-state index in [0.29, 0.717) is 6.42 Å². The Morgan fingerprint density at radius 3 is 2.96 bits per heavy atom. The van der Waals surface area contributed by atoms with Crippen LogP contribution in [-0.4, -0.2) is 41.9 Å². The number of amides is 1. The Balaban J connectivity index is 1.56. The molecule has 0 spiro atoms. The Labute approximate surface area is 136 Å². The van der Waals surface area contributed by atoms with Gasteiger partial charge in [-0.15, -0.1) is 0 Å². The van der Waals surface area contributed by atoms with Gasteiger partial charge in [0.25, 0.3) is 0 Å². The van der Waals surface area contributed by atoms with Gasteiger partial charge in [-0.3, -0.25) is 9.48 Å². The molecule has 1 atom stereocenters. The van der Waals surface area contributed by atoms with Crippen molar-refractivity contribution in [2.75, 3.05) is 25.1 Å². The summed E-state index contributed by atoms with van der Waals surface area (Å²) in [7, 11) is 3.53. The number of rotatable bonds is 5. The standard InChI is InChI=1S/C17H22N4O2/c1-20-9-7-13(19-20)11-17(22)18-14-8-10-21(12-14)15-5-3-4-6-16(15)23-2/h3-7,9,14H,8,10-12H2,1-2H3,(H,18,22). The summed E-state index contributed by atoms with van der Waals surface area (Å²) in [5, 5.41) is 7.34. The fourth-order valence-corrected chi connectivity index (χ4v) is 2.99. The van der Waals surface area contributed by atoms with E-state index in [2.05, 4.69) is 21.4 Å². The van der Waals surface area contributed by atoms with Crippen LogP contribution in [0.4, 0.5) is 5.69 Å². The van der Waals surface area contributed by atoms with Crippen molar-refractivity contribution in [1.82, 2.24) is 15.1 Å². The van der Waals surface area contributed by atoms with Crippen LogP contribution in [0.5, 0.6) is 5.75 Å². The van der Waals surface area contributed by atoms with Crippen LogP contribution in [0, 0.1) is 0 Å². The van der Waals surface area contributed by atoms with Crippen molar-refractivity contribution in [3.8, 4) is 5.75 Å². The molecule has 1 aromatic carbocycles. The van der Waals surface area contributed by atoms with E-state index in [0.717, 1.165) is 36.6 Å². The molecule has 1 amide bonds. The molecule has 0 saturated carbocycles. The average molecular weight is 314 g/mol. The molecule has 1 unspecified atom stereocenters. The van der Waals surface area contributed by atoms with Crippen molar-refractivity contribution in [2.24, 2.45) is 7.05 Å². The molecule has 23 heavy (non-hydrogen) atoms. The van der Waals surface area contributed by atoms with E-state index < -0.39 is 0 Å². The molecule has 3 rings (SSSR count). The molecule has 1 N–H and O–H groups in total. The number of benzene rings is 1. The normalized spacial score (nSPS) is 17.3. The van der Waals surface area contributed by atoms with E-state index in [-0.39, 0.29) is 11.9 Å². The van der Waals surface area contributed by atoms with Crippen molar-refractivity contribution in [2.45, 2.75) is 18.9 Å². The third-order valence-electron chi connectivity index (χ3n) is 4.09. The van der Waals surface area contributed by atoms with Crippen LogP contribution in [0.3, 0.4) is 0 Å². The van der Waals surface area contributed by atoms with Gasteiger partial charge in [-0.25, -0.2) is 0 Å². The molecule has 0 radical (unpaired) electrons. The number of ether oxygens (including phenoxy) is 1. The zero-order valence-electron chi connectivity index (χ0n) is 13.5. The van der Waals surface area contributed by atoms with Crippen molar-refractivity contribution in [1.29, 1.82) is 0 Å². The summed E-state index contributed by atoms with van der Waals surface area (Å²) < 4.78 is 7.13. The zero-order chi connectivity index (χ0) is 16.2. The number of aromatic nitrogens is 2. The van der Waals surface area contributed by atoms with Gasteiger partial charge < -0.3 is 15.0 Å². The Morgan fingerprint density at radius 2 is 2.22 bits per heavy atom. The molecule has 2 aromatic rings. The highest BCUT2D eigenvalue weighted by molar-refractivity contribution is 5.78. The minimum atomic E-state index is 0.0237. The lowest BCUT2D eigenvalue weighted by molar-refractivity contribution is -0.121. The zero-order valence-corrected chi connectivity index (χ0v) is 13.5. The second kappa shape index (κ2) is 6.73. The average Bonchev–Trinajstić information content (AvgIpc) is 3.16. The maximum Gasteiger partial charge on any atom is 0.226 e. The highest BCUT2D eigenvalue weighted by atomic mass is 16.5. The molecule has 1 aliphatic rings. The highest BCUT2D eigenvalue weighted by Crippen LogP contribution is 2.30. The lowest BCUT2D eigenvalue weighted by Gasteiger charge is -2.21. The van der Waals surface area contributed by atoms with Crippen molar-refractivity contribution >= 4 is 11.6 Å². The van der Waals surface area contributed by atoms with Gasteiger partial charge in [0.2, 0.25) is 5.91 Å². The summed E-state index contributed by atoms with van der Waals surface area (Å²) in [4.78, 5) is 14.4. The predicted octanol–water partition coefficient (Wildman–Crippen LogP) is 1.37. The quantitative estimate of drug-likeness (QED) is 0.905. The van der Waals surface area contributed by atoms with Crippen LogP contribution in [0.2, 0.25) is 0 Å². The van der Waals surface area contributed by atoms with Gasteiger partial charge in [-0.05, 0) is 24.6 Å². The first-order valence-corrected chi connectivity index (χ1v) is 7.81. The van der Waals surface area contributed by atoms with Crippen molar-refractivity contribution < 1.29 is 9.53 Å². The van der Waals surface area contributed by atoms with Gasteiger partial charge in [0.05, 0.1) is 24.9 Å². The number of carbonyl (C=O) groups excluding carboxylic acids is 1. The number of methoxy groups -OCH3 is 1. The molecule has 0 aliphatic carbocycles. The van der Waals surface area contributed by atoms with Gasteiger partial charge in [0.1, 0.15) is 5.75 Å². The lowest BCUT2D eigenvalue weighted by Crippen LogP contribution is -2.38. The molecule has 122 valence electrons. The third-order valence-corrected chi connectivity index (χ3v) is 4.09. The highest BCUT2D eigenvalue weighted by Gasteiger charge is 2.25. The van der Waals surface area contributed by atoms with Crippen LogP contribution >= 0.6 is 0 Å². The van der Waals surface area contributed by atoms with E-state index in [4.69, 9.17) is 4.74 Å². The second-order valence-electron chi connectivity index (χ2n) is 5.83. The number of anilines is 1. The minimum absolute atomic E-state index is 0.0237. The number of carbonyl (C=O) groups is 1. The number of para-hydroxylation sites is 2. The van der Waals surface area contributed by atoms with Gasteiger partial charge in [-0.2, -0.15) is 5.10 Å². The monoisotopic (exact) mass is 314 g/mol. The molecule has 2 heterocycles. The maximum atomic E-state index is 12.1. The van der Waals surface area contributed by atoms with Gasteiger partial charge >= 0.3 is 0 Å². The van der Waals surface area contributed by atoms with Crippen LogP contribution in [0.25, 0.3) is 0 Å². The molecule has 6 heteroatoms. The first kappa shape index (κ1) is 15.4. The molecule has 6 nitrogen and oxygen atoms in total. The van der Waals surface area contributed by atoms with E-state index in [1.165, 1.54) is 0 Å². The van der Waals surface area contributed by atoms with E-state index >= 15 is 0 Å². The summed E-state index contributed by atoms with van der Waals surface area (Å²) >= 11 is 0. The van der Waals surface area contributed by atoms with Crippen LogP contribution in [0.15, 0.2) is 36.5 Å². The van der Waals surface area contributed by atoms with E-state index in [1.54, 1.807) is 11.8 Å². The molecular formula is C17H22N4O2. The largest absolute Gasteiger partial charge is 0.495 e. The number of aryl methyl sites for hydroxylation is 1. The Hall–Kier alpha value is -2.50. The topological polar surface area (TPSA) is 59.4 Å². The molecular weight excluding hydrogens is 292 g/mol. The molecule has 1 aliphatic heterocycles. The first-order chi connectivity index (χ1) is 11.2. The number of hydrogen-bond acceptors (Lipinski definition) is 4. The summed E-state index contributed by atoms with van der Waals surface area (Å²) in [6.07, 6.45) is 3.11. The van der Waals surface area contributed by atoms with Gasteiger partial charge in [-0.1, -0.05) is 12.1 Å². The number of nitrogens with one attached hydrogen (secondary N) is 1. The smallest absolute Gasteiger partial charge is 0.226 e. The number of nitrogens with zero attached hydrogens (tertiary/aromatic N) is 3. The van der Waals surface area contributed by atoms with Crippen molar-refractivity contribution in [3.05, 3.63) is 42.2 Å².